The van der Waals surface area contributed by atoms with Crippen LogP contribution in [0, 0.1) is 11.3 Å². The molecule has 0 amide bonds. The number of aliphatic hydroxyl groups excluding tert-OH is 1. The number of aliphatic hydroxyl groups is 1. The highest BCUT2D eigenvalue weighted by Crippen LogP contribution is 2.54. The summed E-state index contributed by atoms with van der Waals surface area (Å²) in [5, 5.41) is 20.1. The van der Waals surface area contributed by atoms with E-state index in [-0.39, 0.29) is 6.04 Å². The quantitative estimate of drug-likeness (QED) is 0.831. The summed E-state index contributed by atoms with van der Waals surface area (Å²) in [7, 11) is 0. The summed E-state index contributed by atoms with van der Waals surface area (Å²) in [5.41, 5.74) is 1.58. The smallest absolute Gasteiger partial charge is 0.338 e. The monoisotopic (exact) mass is 348 g/mol. The van der Waals surface area contributed by atoms with Gasteiger partial charge in [0.25, 0.3) is 0 Å². The average molecular weight is 348 g/mol. The van der Waals surface area contributed by atoms with Crippen molar-refractivity contribution in [1.29, 1.82) is 5.26 Å². The van der Waals surface area contributed by atoms with Crippen LogP contribution in [0.2, 0.25) is 0 Å². The number of hydrogen-bond acceptors (Lipinski definition) is 5. The van der Waals surface area contributed by atoms with E-state index < -0.39 is 17.7 Å². The largest absolute Gasteiger partial charge is 0.449 e. The van der Waals surface area contributed by atoms with Gasteiger partial charge in [0.15, 0.2) is 5.60 Å². The first kappa shape index (κ1) is 15.8. The average Bonchev–Trinajstić information content (AvgIpc) is 3.12. The van der Waals surface area contributed by atoms with Crippen molar-refractivity contribution in [3.63, 3.8) is 0 Å². The SMILES string of the molecule is N#Cc1cccc(C(O)C2=C3C=C[C@@H]4C[C@@]3(OC2=O)[C@H]2CCCCN42)c1. The zero-order chi connectivity index (χ0) is 17.9. The third kappa shape index (κ3) is 2.00. The Balaban J connectivity index is 1.61. The van der Waals surface area contributed by atoms with Crippen LogP contribution in [-0.4, -0.2) is 40.2 Å². The van der Waals surface area contributed by atoms with Crippen molar-refractivity contribution in [3.8, 4) is 6.07 Å². The van der Waals surface area contributed by atoms with E-state index in [1.807, 2.05) is 6.08 Å². The molecule has 1 aliphatic carbocycles. The second-order valence-corrected chi connectivity index (χ2v) is 7.63. The number of piperidine rings is 1. The summed E-state index contributed by atoms with van der Waals surface area (Å²) >= 11 is 0. The number of nitriles is 1. The summed E-state index contributed by atoms with van der Waals surface area (Å²) < 4.78 is 5.99. The summed E-state index contributed by atoms with van der Waals surface area (Å²) in [4.78, 5) is 15.3. The molecule has 132 valence electrons. The van der Waals surface area contributed by atoms with Crippen molar-refractivity contribution < 1.29 is 14.6 Å². The predicted octanol–water partition coefficient (Wildman–Crippen LogP) is 2.38. The third-order valence-electron chi connectivity index (χ3n) is 6.35. The fourth-order valence-electron chi connectivity index (χ4n) is 5.25. The topological polar surface area (TPSA) is 73.6 Å². The highest BCUT2D eigenvalue weighted by molar-refractivity contribution is 5.96. The van der Waals surface area contributed by atoms with E-state index in [0.717, 1.165) is 31.4 Å². The van der Waals surface area contributed by atoms with Gasteiger partial charge in [-0.2, -0.15) is 5.26 Å². The molecule has 2 fully saturated rings. The van der Waals surface area contributed by atoms with Crippen LogP contribution in [0.1, 0.15) is 42.9 Å². The molecule has 4 aliphatic rings. The molecule has 3 heterocycles. The minimum absolute atomic E-state index is 0.199. The van der Waals surface area contributed by atoms with Gasteiger partial charge in [-0.25, -0.2) is 4.79 Å². The molecule has 4 atom stereocenters. The Bertz CT molecular complexity index is 897. The van der Waals surface area contributed by atoms with E-state index in [1.54, 1.807) is 24.3 Å². The fourth-order valence-corrected chi connectivity index (χ4v) is 5.25. The van der Waals surface area contributed by atoms with Crippen molar-refractivity contribution >= 4 is 5.97 Å². The highest BCUT2D eigenvalue weighted by Gasteiger charge is 2.62. The van der Waals surface area contributed by atoms with Gasteiger partial charge < -0.3 is 9.84 Å². The van der Waals surface area contributed by atoms with Crippen molar-refractivity contribution in [2.24, 2.45) is 0 Å². The van der Waals surface area contributed by atoms with E-state index in [4.69, 9.17) is 10.00 Å². The Kier molecular flexibility index (Phi) is 3.37. The van der Waals surface area contributed by atoms with Gasteiger partial charge in [-0.3, -0.25) is 4.90 Å². The molecule has 3 aliphatic heterocycles. The first-order valence-electron chi connectivity index (χ1n) is 9.24. The van der Waals surface area contributed by atoms with Gasteiger partial charge in [0, 0.05) is 18.0 Å². The number of benzene rings is 1. The van der Waals surface area contributed by atoms with Gasteiger partial charge >= 0.3 is 5.97 Å². The van der Waals surface area contributed by atoms with Crippen LogP contribution >= 0.6 is 0 Å². The van der Waals surface area contributed by atoms with E-state index >= 15 is 0 Å². The number of nitrogens with zero attached hydrogens (tertiary/aromatic N) is 2. The molecule has 0 radical (unpaired) electrons. The molecule has 1 N–H and O–H groups in total. The number of carbonyl (C=O) groups excluding carboxylic acids is 1. The van der Waals surface area contributed by atoms with Crippen LogP contribution in [0.4, 0.5) is 0 Å². The molecule has 5 rings (SSSR count). The van der Waals surface area contributed by atoms with Crippen LogP contribution in [0.15, 0.2) is 47.6 Å². The molecule has 2 bridgehead atoms. The molecule has 1 aromatic carbocycles. The first-order chi connectivity index (χ1) is 12.6. The van der Waals surface area contributed by atoms with E-state index in [2.05, 4.69) is 17.0 Å². The number of esters is 1. The second kappa shape index (κ2) is 5.54. The lowest BCUT2D eigenvalue weighted by Crippen LogP contribution is -2.48. The van der Waals surface area contributed by atoms with Gasteiger partial charge in [0.1, 0.15) is 6.10 Å². The zero-order valence-corrected chi connectivity index (χ0v) is 14.4. The lowest BCUT2D eigenvalue weighted by molar-refractivity contribution is -0.150. The predicted molar refractivity (Wildman–Crippen MR) is 93.9 cm³/mol. The zero-order valence-electron chi connectivity index (χ0n) is 14.4. The van der Waals surface area contributed by atoms with Crippen molar-refractivity contribution in [2.45, 2.75) is 49.5 Å². The van der Waals surface area contributed by atoms with E-state index in [0.29, 0.717) is 22.7 Å². The van der Waals surface area contributed by atoms with E-state index in [1.165, 1.54) is 6.42 Å². The highest BCUT2D eigenvalue weighted by atomic mass is 16.6. The van der Waals surface area contributed by atoms with Crippen LogP contribution in [0.5, 0.6) is 0 Å². The summed E-state index contributed by atoms with van der Waals surface area (Å²) in [6, 6.07) is 9.38. The molecular formula is C21H20N2O3. The van der Waals surface area contributed by atoms with Gasteiger partial charge in [-0.1, -0.05) is 30.7 Å². The Hall–Kier alpha value is -2.42. The van der Waals surface area contributed by atoms with Crippen LogP contribution in [0.3, 0.4) is 0 Å². The maximum atomic E-state index is 12.8. The van der Waals surface area contributed by atoms with Crippen LogP contribution in [0.25, 0.3) is 0 Å². The number of fused-ring (bicyclic) bond motifs is 3. The number of carbonyl (C=O) groups is 1. The Morgan fingerprint density at radius 2 is 2.27 bits per heavy atom. The molecule has 26 heavy (non-hydrogen) atoms. The minimum atomic E-state index is -1.08. The molecule has 1 unspecified atom stereocenters. The molecule has 0 aromatic heterocycles. The number of rotatable bonds is 2. The normalized spacial score (nSPS) is 33.5. The summed E-state index contributed by atoms with van der Waals surface area (Å²) in [6.45, 7) is 1.04. The second-order valence-electron chi connectivity index (χ2n) is 7.63. The lowest BCUT2D eigenvalue weighted by atomic mass is 9.78. The molecular weight excluding hydrogens is 328 g/mol. The molecule has 5 heteroatoms. The summed E-state index contributed by atoms with van der Waals surface area (Å²) in [5.74, 6) is -0.424. The fraction of sp³-hybridized carbons (Fsp3) is 0.429. The van der Waals surface area contributed by atoms with Gasteiger partial charge in [0.05, 0.1) is 23.2 Å². The number of hydrogen-bond donors (Lipinski definition) is 1. The van der Waals surface area contributed by atoms with Crippen molar-refractivity contribution in [1.82, 2.24) is 4.90 Å². The first-order valence-corrected chi connectivity index (χ1v) is 9.24. The summed E-state index contributed by atoms with van der Waals surface area (Å²) in [6.07, 6.45) is 7.18. The molecule has 1 spiro atoms. The lowest BCUT2D eigenvalue weighted by Gasteiger charge is -2.37. The minimum Gasteiger partial charge on any atom is -0.449 e. The maximum absolute atomic E-state index is 12.8. The third-order valence-corrected chi connectivity index (χ3v) is 6.35. The van der Waals surface area contributed by atoms with Gasteiger partial charge in [-0.15, -0.1) is 0 Å². The molecule has 2 saturated heterocycles. The number of ether oxygens (including phenoxy) is 1. The van der Waals surface area contributed by atoms with Gasteiger partial charge in [-0.05, 0) is 37.1 Å². The molecule has 0 saturated carbocycles. The Morgan fingerprint density at radius 3 is 3.12 bits per heavy atom. The van der Waals surface area contributed by atoms with E-state index in [9.17, 15) is 9.90 Å². The van der Waals surface area contributed by atoms with Crippen molar-refractivity contribution in [2.75, 3.05) is 6.54 Å². The van der Waals surface area contributed by atoms with Crippen LogP contribution in [-0.2, 0) is 9.53 Å². The van der Waals surface area contributed by atoms with Crippen molar-refractivity contribution in [3.05, 3.63) is 58.7 Å². The van der Waals surface area contributed by atoms with Crippen LogP contribution < -0.4 is 0 Å². The van der Waals surface area contributed by atoms with Gasteiger partial charge in [0.2, 0.25) is 0 Å². The molecule has 1 aromatic rings. The standard InChI is InChI=1S/C21H20N2O3/c22-12-13-4-3-5-14(10-13)19(24)18-16-8-7-15-11-21(16,26-20(18)25)17-6-1-2-9-23(15)17/h3-5,7-8,10,15,17,19,24H,1-2,6,9,11H2/t15-,17-,19?,21+/m1/s1. The maximum Gasteiger partial charge on any atom is 0.338 e. The Morgan fingerprint density at radius 1 is 1.38 bits per heavy atom. The molecule has 5 nitrogen and oxygen atoms in total. The Labute approximate surface area is 152 Å².